The Balaban J connectivity index is 1.13. The highest BCUT2D eigenvalue weighted by Crippen LogP contribution is 2.31. The molecule has 1 aromatic heterocycles. The molecule has 8 nitrogen and oxygen atoms in total. The summed E-state index contributed by atoms with van der Waals surface area (Å²) in [6, 6.07) is 51.2. The van der Waals surface area contributed by atoms with E-state index < -0.39 is 6.10 Å². The number of aliphatic hydroxyl groups excluding tert-OH is 1. The first-order chi connectivity index (χ1) is 27.1. The van der Waals surface area contributed by atoms with Crippen LogP contribution in [0.25, 0.3) is 21.8 Å². The van der Waals surface area contributed by atoms with Crippen LogP contribution in [0, 0.1) is 0 Å². The van der Waals surface area contributed by atoms with Crippen molar-refractivity contribution in [2.75, 3.05) is 41.2 Å². The molecule has 0 radical (unpaired) electrons. The van der Waals surface area contributed by atoms with Crippen LogP contribution in [0.5, 0.6) is 5.75 Å². The molecule has 0 aliphatic carbocycles. The summed E-state index contributed by atoms with van der Waals surface area (Å²) < 4.78 is 8.80. The lowest BCUT2D eigenvalue weighted by atomic mass is 10.1. The molecule has 0 saturated heterocycles. The third-order valence-electron chi connectivity index (χ3n) is 9.77. The number of anilines is 4. The SMILES string of the molecule is CCN(CC)c1ccc(C=NN(c2ccccc2)c2ccccc2)c(OCC(O)CN(N=Cc2ccc3c(c2)c2ccccc2n3CC)c2ccccc2)c1. The molecule has 8 heteroatoms. The summed E-state index contributed by atoms with van der Waals surface area (Å²) in [5, 5.41) is 27.5. The maximum Gasteiger partial charge on any atom is 0.130 e. The highest BCUT2D eigenvalue weighted by atomic mass is 16.5. The fraction of sp³-hybridized carbons (Fsp3) is 0.191. The lowest BCUT2D eigenvalue weighted by molar-refractivity contribution is 0.112. The number of ether oxygens (including phenoxy) is 1. The summed E-state index contributed by atoms with van der Waals surface area (Å²) in [5.74, 6) is 0.641. The second-order valence-corrected chi connectivity index (χ2v) is 13.3. The molecule has 0 bridgehead atoms. The number of rotatable bonds is 16. The van der Waals surface area contributed by atoms with Crippen molar-refractivity contribution < 1.29 is 9.84 Å². The summed E-state index contributed by atoms with van der Waals surface area (Å²) in [6.45, 7) is 9.36. The van der Waals surface area contributed by atoms with E-state index in [-0.39, 0.29) is 13.2 Å². The second kappa shape index (κ2) is 17.6. The van der Waals surface area contributed by atoms with E-state index in [1.165, 1.54) is 21.8 Å². The van der Waals surface area contributed by atoms with Gasteiger partial charge in [-0.3, -0.25) is 5.01 Å². The average molecular weight is 729 g/mol. The van der Waals surface area contributed by atoms with Gasteiger partial charge in [0.1, 0.15) is 18.5 Å². The number of fused-ring (bicyclic) bond motifs is 3. The lowest BCUT2D eigenvalue weighted by Gasteiger charge is -2.24. The van der Waals surface area contributed by atoms with Crippen molar-refractivity contribution in [3.8, 4) is 5.75 Å². The van der Waals surface area contributed by atoms with E-state index in [2.05, 4.69) is 78.8 Å². The molecule has 1 atom stereocenters. The van der Waals surface area contributed by atoms with Gasteiger partial charge in [-0.05, 0) is 93.1 Å². The zero-order chi connectivity index (χ0) is 38.0. The van der Waals surface area contributed by atoms with Crippen molar-refractivity contribution in [1.29, 1.82) is 0 Å². The number of hydrogen-bond donors (Lipinski definition) is 1. The number of nitrogens with zero attached hydrogens (tertiary/aromatic N) is 6. The van der Waals surface area contributed by atoms with E-state index in [9.17, 15) is 5.11 Å². The minimum absolute atomic E-state index is 0.0605. The van der Waals surface area contributed by atoms with Crippen LogP contribution in [0.3, 0.4) is 0 Å². The monoisotopic (exact) mass is 728 g/mol. The van der Waals surface area contributed by atoms with Crippen molar-refractivity contribution >= 4 is 57.0 Å². The van der Waals surface area contributed by atoms with E-state index in [0.717, 1.165) is 53.5 Å². The predicted molar refractivity (Wildman–Crippen MR) is 231 cm³/mol. The Bertz CT molecular complexity index is 2310. The van der Waals surface area contributed by atoms with Crippen LogP contribution in [-0.4, -0.2) is 54.4 Å². The summed E-state index contributed by atoms with van der Waals surface area (Å²) >= 11 is 0. The number of benzene rings is 6. The third kappa shape index (κ3) is 8.56. The zero-order valence-corrected chi connectivity index (χ0v) is 31.7. The third-order valence-corrected chi connectivity index (χ3v) is 9.77. The van der Waals surface area contributed by atoms with Gasteiger partial charge < -0.3 is 19.3 Å². The van der Waals surface area contributed by atoms with Gasteiger partial charge in [0.15, 0.2) is 0 Å². The van der Waals surface area contributed by atoms with E-state index in [0.29, 0.717) is 5.75 Å². The number of para-hydroxylation sites is 4. The first kappa shape index (κ1) is 37.0. The number of aliphatic hydroxyl groups is 1. The first-order valence-electron chi connectivity index (χ1n) is 19.1. The Morgan fingerprint density at radius 1 is 0.618 bits per heavy atom. The minimum Gasteiger partial charge on any atom is -0.490 e. The number of aryl methyl sites for hydroxylation is 1. The molecule has 7 aromatic rings. The van der Waals surface area contributed by atoms with Gasteiger partial charge in [-0.15, -0.1) is 0 Å². The molecule has 1 N–H and O–H groups in total. The molecular formula is C47H48N6O2. The van der Waals surface area contributed by atoms with Crippen LogP contribution in [0.2, 0.25) is 0 Å². The summed E-state index contributed by atoms with van der Waals surface area (Å²) in [6.07, 6.45) is 2.84. The van der Waals surface area contributed by atoms with E-state index >= 15 is 0 Å². The van der Waals surface area contributed by atoms with Crippen molar-refractivity contribution in [1.82, 2.24) is 4.57 Å². The van der Waals surface area contributed by atoms with Crippen LogP contribution in [0.15, 0.2) is 162 Å². The fourth-order valence-corrected chi connectivity index (χ4v) is 6.97. The first-order valence-corrected chi connectivity index (χ1v) is 19.1. The van der Waals surface area contributed by atoms with Gasteiger partial charge in [0.25, 0.3) is 0 Å². The molecule has 0 fully saturated rings. The van der Waals surface area contributed by atoms with E-state index in [1.54, 1.807) is 0 Å². The van der Waals surface area contributed by atoms with Crippen LogP contribution < -0.4 is 19.7 Å². The molecule has 7 rings (SSSR count). The van der Waals surface area contributed by atoms with Gasteiger partial charge in [-0.2, -0.15) is 10.2 Å². The highest BCUT2D eigenvalue weighted by molar-refractivity contribution is 6.09. The lowest BCUT2D eigenvalue weighted by Crippen LogP contribution is -2.33. The van der Waals surface area contributed by atoms with E-state index in [4.69, 9.17) is 14.9 Å². The van der Waals surface area contributed by atoms with Crippen LogP contribution >= 0.6 is 0 Å². The quantitative estimate of drug-likeness (QED) is 0.0793. The second-order valence-electron chi connectivity index (χ2n) is 13.3. The zero-order valence-electron chi connectivity index (χ0n) is 31.7. The van der Waals surface area contributed by atoms with Gasteiger partial charge >= 0.3 is 0 Å². The molecule has 0 spiro atoms. The topological polar surface area (TPSA) is 68.8 Å². The summed E-state index contributed by atoms with van der Waals surface area (Å²) in [7, 11) is 0. The minimum atomic E-state index is -0.852. The van der Waals surface area contributed by atoms with Crippen molar-refractivity contribution in [2.24, 2.45) is 10.2 Å². The summed E-state index contributed by atoms with van der Waals surface area (Å²) in [4.78, 5) is 2.27. The highest BCUT2D eigenvalue weighted by Gasteiger charge is 2.16. The molecule has 0 amide bonds. The Labute approximate surface area is 323 Å². The fourth-order valence-electron chi connectivity index (χ4n) is 6.97. The normalized spacial score (nSPS) is 12.1. The molecule has 55 heavy (non-hydrogen) atoms. The Morgan fingerprint density at radius 3 is 1.89 bits per heavy atom. The molecule has 0 saturated carbocycles. The van der Waals surface area contributed by atoms with Crippen LogP contribution in [0.4, 0.5) is 22.7 Å². The maximum atomic E-state index is 11.5. The van der Waals surface area contributed by atoms with Crippen LogP contribution in [0.1, 0.15) is 31.9 Å². The molecular weight excluding hydrogens is 681 g/mol. The van der Waals surface area contributed by atoms with Gasteiger partial charge in [-0.1, -0.05) is 78.9 Å². The smallest absolute Gasteiger partial charge is 0.130 e. The Hall–Kier alpha value is -6.38. The molecule has 278 valence electrons. The van der Waals surface area contributed by atoms with Gasteiger partial charge in [0.05, 0.1) is 36.0 Å². The molecule has 0 aliphatic rings. The Morgan fingerprint density at radius 2 is 1.24 bits per heavy atom. The largest absolute Gasteiger partial charge is 0.490 e. The number of hydrazone groups is 2. The van der Waals surface area contributed by atoms with Crippen molar-refractivity contribution in [3.05, 3.63) is 163 Å². The number of hydrogen-bond acceptors (Lipinski definition) is 7. The van der Waals surface area contributed by atoms with Gasteiger partial charge in [0.2, 0.25) is 0 Å². The summed E-state index contributed by atoms with van der Waals surface area (Å²) in [5.41, 5.74) is 8.02. The maximum absolute atomic E-state index is 11.5. The predicted octanol–water partition coefficient (Wildman–Crippen LogP) is 10.1. The average Bonchev–Trinajstić information content (AvgIpc) is 3.56. The molecule has 1 heterocycles. The van der Waals surface area contributed by atoms with Gasteiger partial charge in [-0.25, -0.2) is 5.01 Å². The van der Waals surface area contributed by atoms with Crippen LogP contribution in [-0.2, 0) is 6.54 Å². The standard InChI is InChI=1S/C47H48N6O2/c1-4-50(5-2)41-28-27-37(33-49-53(39-20-12-8-13-21-39)40-22-14-9-15-23-40)47(31-41)55-35-42(54)34-52(38-18-10-7-11-19-38)48-32-36-26-29-46-44(30-36)43-24-16-17-25-45(43)51(46)6-3/h7-33,42,54H,4-6,34-35H2,1-3H3. The van der Waals surface area contributed by atoms with Crippen molar-refractivity contribution in [3.63, 3.8) is 0 Å². The molecule has 0 aliphatic heterocycles. The Kier molecular flexibility index (Phi) is 11.8. The van der Waals surface area contributed by atoms with Gasteiger partial charge in [0, 0.05) is 58.8 Å². The molecule has 6 aromatic carbocycles. The van der Waals surface area contributed by atoms with E-state index in [1.807, 2.05) is 126 Å². The molecule has 1 unspecified atom stereocenters. The van der Waals surface area contributed by atoms with Crippen molar-refractivity contribution in [2.45, 2.75) is 33.4 Å². The number of aromatic nitrogens is 1.